The summed E-state index contributed by atoms with van der Waals surface area (Å²) in [6.07, 6.45) is 8.28. The Labute approximate surface area is 171 Å². The number of rotatable bonds is 8. The fourth-order valence-corrected chi connectivity index (χ4v) is 3.36. The number of ether oxygens (including phenoxy) is 1. The lowest BCUT2D eigenvalue weighted by Crippen LogP contribution is -2.33. The number of nitrogens with one attached hydrogen (secondary N) is 3. The smallest absolute Gasteiger partial charge is 0.330 e. The number of aromatic amines is 2. The average Bonchev–Trinajstić information content (AvgIpc) is 3.35. The van der Waals surface area contributed by atoms with Gasteiger partial charge in [-0.15, -0.1) is 0 Å². The van der Waals surface area contributed by atoms with Crippen molar-refractivity contribution in [3.05, 3.63) is 63.0 Å². The lowest BCUT2D eigenvalue weighted by Gasteiger charge is -2.14. The molecule has 12 heteroatoms. The SMILES string of the molecule is O=PCC1OC(n2cc(C=CCNC(=O)C=Cc3cnc[nH]3)c(=O)[nH]c2=O)CC1O. The van der Waals surface area contributed by atoms with E-state index in [1.54, 1.807) is 18.3 Å². The van der Waals surface area contributed by atoms with Crippen molar-refractivity contribution in [1.82, 2.24) is 24.8 Å². The van der Waals surface area contributed by atoms with Gasteiger partial charge in [0.2, 0.25) is 5.91 Å². The highest BCUT2D eigenvalue weighted by Gasteiger charge is 2.35. The Morgan fingerprint density at radius 3 is 3.00 bits per heavy atom. The molecule has 1 aliphatic rings. The molecule has 4 N–H and O–H groups in total. The van der Waals surface area contributed by atoms with Crippen LogP contribution >= 0.6 is 8.46 Å². The molecular weight excluding hydrogens is 413 g/mol. The van der Waals surface area contributed by atoms with E-state index >= 15 is 0 Å². The van der Waals surface area contributed by atoms with Crippen molar-refractivity contribution in [1.29, 1.82) is 0 Å². The zero-order valence-corrected chi connectivity index (χ0v) is 16.6. The molecule has 30 heavy (non-hydrogen) atoms. The van der Waals surface area contributed by atoms with Crippen LogP contribution in [0.2, 0.25) is 0 Å². The van der Waals surface area contributed by atoms with E-state index in [1.807, 2.05) is 0 Å². The number of hydrogen-bond donors (Lipinski definition) is 4. The second-order valence-electron chi connectivity index (χ2n) is 6.48. The number of carbonyl (C=O) groups is 1. The molecule has 2 aromatic heterocycles. The van der Waals surface area contributed by atoms with Crippen molar-refractivity contribution in [2.24, 2.45) is 0 Å². The summed E-state index contributed by atoms with van der Waals surface area (Å²) < 4.78 is 17.5. The molecule has 0 radical (unpaired) electrons. The number of aliphatic hydroxyl groups is 1. The highest BCUT2D eigenvalue weighted by atomic mass is 31.1. The van der Waals surface area contributed by atoms with Crippen LogP contribution in [0.1, 0.15) is 23.9 Å². The minimum absolute atomic E-state index is 0.108. The maximum atomic E-state index is 12.1. The van der Waals surface area contributed by atoms with Gasteiger partial charge in [0.15, 0.2) is 8.46 Å². The van der Waals surface area contributed by atoms with E-state index < -0.39 is 29.7 Å². The predicted molar refractivity (Wildman–Crippen MR) is 108 cm³/mol. The second kappa shape index (κ2) is 10.1. The van der Waals surface area contributed by atoms with Crippen LogP contribution in [0.3, 0.4) is 0 Å². The van der Waals surface area contributed by atoms with Gasteiger partial charge in [0.05, 0.1) is 42.2 Å². The van der Waals surface area contributed by atoms with Gasteiger partial charge in [-0.3, -0.25) is 23.7 Å². The van der Waals surface area contributed by atoms with Crippen LogP contribution in [0.25, 0.3) is 12.2 Å². The third kappa shape index (κ3) is 5.47. The molecule has 0 bridgehead atoms. The maximum absolute atomic E-state index is 12.1. The minimum atomic E-state index is -0.862. The number of amides is 1. The van der Waals surface area contributed by atoms with E-state index in [0.29, 0.717) is 5.69 Å². The predicted octanol–water partition coefficient (Wildman–Crippen LogP) is 0.0426. The first-order valence-electron chi connectivity index (χ1n) is 9.07. The molecule has 3 unspecified atom stereocenters. The van der Waals surface area contributed by atoms with E-state index in [2.05, 4.69) is 20.3 Å². The zero-order chi connectivity index (χ0) is 21.5. The van der Waals surface area contributed by atoms with Crippen molar-refractivity contribution in [3.63, 3.8) is 0 Å². The molecule has 3 rings (SSSR count). The molecule has 2 aromatic rings. The molecule has 3 atom stereocenters. The minimum Gasteiger partial charge on any atom is -0.390 e. The molecule has 0 saturated carbocycles. The largest absolute Gasteiger partial charge is 0.390 e. The number of hydrogen-bond acceptors (Lipinski definition) is 7. The number of imidazole rings is 1. The quantitative estimate of drug-likeness (QED) is 0.338. The van der Waals surface area contributed by atoms with Crippen LogP contribution in [-0.2, 0) is 14.1 Å². The molecule has 0 aromatic carbocycles. The highest BCUT2D eigenvalue weighted by Crippen LogP contribution is 2.29. The summed E-state index contributed by atoms with van der Waals surface area (Å²) in [5.41, 5.74) is -0.399. The standard InChI is InChI=1S/C18H20N5O6P/c24-13-6-16(29-14(13)9-30-28)23-8-11(17(26)22-18(23)27)2-1-5-20-15(25)4-3-12-7-19-10-21-12/h1-4,7-8,10,13-14,16,24H,5-6,9H2,(H,19,21)(H,20,25)(H,22,26,27). The maximum Gasteiger partial charge on any atom is 0.330 e. The lowest BCUT2D eigenvalue weighted by atomic mass is 10.2. The first-order chi connectivity index (χ1) is 14.5. The first-order valence-corrected chi connectivity index (χ1v) is 10.1. The van der Waals surface area contributed by atoms with Crippen molar-refractivity contribution in [3.8, 4) is 0 Å². The summed E-state index contributed by atoms with van der Waals surface area (Å²) in [6.45, 7) is 0.161. The Morgan fingerprint density at radius 1 is 1.43 bits per heavy atom. The zero-order valence-electron chi connectivity index (χ0n) is 15.7. The normalized spacial score (nSPS) is 21.7. The monoisotopic (exact) mass is 433 g/mol. The molecule has 1 fully saturated rings. The summed E-state index contributed by atoms with van der Waals surface area (Å²) >= 11 is 0. The van der Waals surface area contributed by atoms with Crippen LogP contribution in [0.5, 0.6) is 0 Å². The third-order valence-electron chi connectivity index (χ3n) is 4.39. The number of nitrogens with zero attached hydrogens (tertiary/aromatic N) is 2. The van der Waals surface area contributed by atoms with Gasteiger partial charge < -0.3 is 20.1 Å². The molecule has 1 aliphatic heterocycles. The summed E-state index contributed by atoms with van der Waals surface area (Å²) in [7, 11) is -0.167. The topological polar surface area (TPSA) is 159 Å². The molecule has 1 saturated heterocycles. The number of carbonyl (C=O) groups excluding carboxylic acids is 1. The van der Waals surface area contributed by atoms with Crippen molar-refractivity contribution in [2.45, 2.75) is 24.9 Å². The molecule has 11 nitrogen and oxygen atoms in total. The number of aromatic nitrogens is 4. The van der Waals surface area contributed by atoms with E-state index in [1.165, 1.54) is 29.2 Å². The summed E-state index contributed by atoms with van der Waals surface area (Å²) in [5.74, 6) is -0.329. The van der Waals surface area contributed by atoms with Crippen molar-refractivity contribution in [2.75, 3.05) is 12.7 Å². The molecule has 1 amide bonds. The van der Waals surface area contributed by atoms with Gasteiger partial charge in [-0.25, -0.2) is 9.78 Å². The van der Waals surface area contributed by atoms with Crippen LogP contribution in [0.15, 0.2) is 40.5 Å². The van der Waals surface area contributed by atoms with Crippen LogP contribution in [0.4, 0.5) is 0 Å². The van der Waals surface area contributed by atoms with Gasteiger partial charge in [0, 0.05) is 25.2 Å². The molecule has 158 valence electrons. The van der Waals surface area contributed by atoms with Crippen LogP contribution in [-0.4, -0.2) is 55.4 Å². The van der Waals surface area contributed by atoms with Gasteiger partial charge in [-0.2, -0.15) is 0 Å². The number of H-pyrrole nitrogens is 2. The molecule has 0 spiro atoms. The van der Waals surface area contributed by atoms with E-state index in [4.69, 9.17) is 4.74 Å². The van der Waals surface area contributed by atoms with E-state index in [9.17, 15) is 24.1 Å². The van der Waals surface area contributed by atoms with Crippen molar-refractivity contribution >= 4 is 26.5 Å². The summed E-state index contributed by atoms with van der Waals surface area (Å²) in [6, 6.07) is 0. The Kier molecular flexibility index (Phi) is 7.23. The summed E-state index contributed by atoms with van der Waals surface area (Å²) in [4.78, 5) is 44.8. The van der Waals surface area contributed by atoms with E-state index in [0.717, 1.165) is 0 Å². The van der Waals surface area contributed by atoms with E-state index in [-0.39, 0.29) is 39.1 Å². The van der Waals surface area contributed by atoms with Crippen molar-refractivity contribution < 1.29 is 19.2 Å². The summed E-state index contributed by atoms with van der Waals surface area (Å²) in [5, 5.41) is 12.6. The van der Waals surface area contributed by atoms with Gasteiger partial charge in [-0.1, -0.05) is 12.2 Å². The Hall–Kier alpha value is -3.14. The lowest BCUT2D eigenvalue weighted by molar-refractivity contribution is -0.116. The van der Waals surface area contributed by atoms with Gasteiger partial charge in [0.25, 0.3) is 5.56 Å². The van der Waals surface area contributed by atoms with Gasteiger partial charge >= 0.3 is 5.69 Å². The fraction of sp³-hybridized carbons (Fsp3) is 0.333. The Morgan fingerprint density at radius 2 is 2.27 bits per heavy atom. The Balaban J connectivity index is 1.63. The van der Waals surface area contributed by atoms with Crippen LogP contribution < -0.4 is 16.6 Å². The van der Waals surface area contributed by atoms with Gasteiger partial charge in [0.1, 0.15) is 6.23 Å². The third-order valence-corrected chi connectivity index (χ3v) is 4.90. The number of aliphatic hydroxyl groups excluding tert-OH is 1. The van der Waals surface area contributed by atoms with Crippen LogP contribution in [0, 0.1) is 0 Å². The first kappa shape index (κ1) is 21.6. The molecule has 0 aliphatic carbocycles. The fourth-order valence-electron chi connectivity index (χ4n) is 2.88. The second-order valence-corrected chi connectivity index (χ2v) is 7.11. The molecular formula is C18H20N5O6P. The highest BCUT2D eigenvalue weighted by molar-refractivity contribution is 7.23. The average molecular weight is 433 g/mol. The Bertz CT molecular complexity index is 1060. The van der Waals surface area contributed by atoms with Gasteiger partial charge in [-0.05, 0) is 6.08 Å². The molecule has 3 heterocycles.